The third-order valence-corrected chi connectivity index (χ3v) is 2.33. The molecular weight excluding hydrogens is 214 g/mol. The fourth-order valence-corrected chi connectivity index (χ4v) is 1.73. The summed E-state index contributed by atoms with van der Waals surface area (Å²) in [5.41, 5.74) is 2.86. The first-order valence-electron chi connectivity index (χ1n) is 5.76. The number of allylic oxidation sites excluding steroid dienone is 1. The van der Waals surface area contributed by atoms with E-state index < -0.39 is 0 Å². The molecule has 0 spiro atoms. The summed E-state index contributed by atoms with van der Waals surface area (Å²) in [5, 5.41) is 2.81. The van der Waals surface area contributed by atoms with Crippen LogP contribution in [-0.4, -0.2) is 12.5 Å². The van der Waals surface area contributed by atoms with E-state index in [1.54, 1.807) is 6.08 Å². The summed E-state index contributed by atoms with van der Waals surface area (Å²) in [7, 11) is 0. The van der Waals surface area contributed by atoms with Crippen LogP contribution in [0.15, 0.2) is 24.3 Å². The molecule has 1 aromatic carbocycles. The normalized spacial score (nSPS) is 10.6. The highest BCUT2D eigenvalue weighted by molar-refractivity contribution is 5.99. The lowest BCUT2D eigenvalue weighted by Gasteiger charge is -2.13. The van der Waals surface area contributed by atoms with E-state index >= 15 is 0 Å². The number of rotatable bonds is 4. The van der Waals surface area contributed by atoms with E-state index in [4.69, 9.17) is 4.74 Å². The Bertz CT molecular complexity index is 413. The van der Waals surface area contributed by atoms with E-state index in [0.717, 1.165) is 22.6 Å². The van der Waals surface area contributed by atoms with Crippen molar-refractivity contribution < 1.29 is 9.53 Å². The number of hydrogen-bond donors (Lipinski definition) is 1. The van der Waals surface area contributed by atoms with Crippen molar-refractivity contribution in [1.29, 1.82) is 0 Å². The molecule has 3 nitrogen and oxygen atoms in total. The molecule has 0 aromatic heterocycles. The van der Waals surface area contributed by atoms with Crippen molar-refractivity contribution in [3.8, 4) is 5.75 Å². The lowest BCUT2D eigenvalue weighted by molar-refractivity contribution is -0.111. The van der Waals surface area contributed by atoms with E-state index in [-0.39, 0.29) is 5.91 Å². The van der Waals surface area contributed by atoms with Gasteiger partial charge in [0.15, 0.2) is 0 Å². The van der Waals surface area contributed by atoms with Crippen LogP contribution in [0.3, 0.4) is 0 Å². The van der Waals surface area contributed by atoms with Crippen molar-refractivity contribution in [2.45, 2.75) is 27.7 Å². The highest BCUT2D eigenvalue weighted by Gasteiger charge is 2.06. The number of nitrogens with one attached hydrogen (secondary N) is 1. The van der Waals surface area contributed by atoms with E-state index in [2.05, 4.69) is 5.32 Å². The van der Waals surface area contributed by atoms with Gasteiger partial charge in [0.05, 0.1) is 6.61 Å². The third-order valence-electron chi connectivity index (χ3n) is 2.33. The standard InChI is InChI=1S/C14H19NO2/c1-5-7-13(16)15-12-8-10(3)14(17-6-2)11(4)9-12/h5,7-9H,6H2,1-4H3,(H,15,16). The predicted octanol–water partition coefficient (Wildman–Crippen LogP) is 3.22. The maximum absolute atomic E-state index is 11.4. The van der Waals surface area contributed by atoms with Crippen LogP contribution in [0.25, 0.3) is 0 Å². The molecule has 0 radical (unpaired) electrons. The molecule has 0 fully saturated rings. The van der Waals surface area contributed by atoms with Crippen molar-refractivity contribution in [3.05, 3.63) is 35.4 Å². The highest BCUT2D eigenvalue weighted by Crippen LogP contribution is 2.27. The van der Waals surface area contributed by atoms with Gasteiger partial charge in [-0.15, -0.1) is 0 Å². The molecule has 17 heavy (non-hydrogen) atoms. The zero-order valence-corrected chi connectivity index (χ0v) is 10.8. The minimum Gasteiger partial charge on any atom is -0.493 e. The predicted molar refractivity (Wildman–Crippen MR) is 70.5 cm³/mol. The molecular formula is C14H19NO2. The monoisotopic (exact) mass is 233 g/mol. The van der Waals surface area contributed by atoms with Crippen LogP contribution in [0.4, 0.5) is 5.69 Å². The Hall–Kier alpha value is -1.77. The minimum absolute atomic E-state index is 0.115. The average Bonchev–Trinajstić information content (AvgIpc) is 2.23. The number of benzene rings is 1. The maximum atomic E-state index is 11.4. The summed E-state index contributed by atoms with van der Waals surface area (Å²) in [6.07, 6.45) is 3.21. The summed E-state index contributed by atoms with van der Waals surface area (Å²) in [4.78, 5) is 11.4. The molecule has 0 saturated heterocycles. The van der Waals surface area contributed by atoms with Gasteiger partial charge in [-0.05, 0) is 57.0 Å². The molecule has 3 heteroatoms. The summed E-state index contributed by atoms with van der Waals surface area (Å²) in [6.45, 7) is 8.37. The van der Waals surface area contributed by atoms with Gasteiger partial charge < -0.3 is 10.1 Å². The van der Waals surface area contributed by atoms with Crippen LogP contribution in [0, 0.1) is 13.8 Å². The molecule has 0 aliphatic rings. The fourth-order valence-electron chi connectivity index (χ4n) is 1.73. The second-order valence-corrected chi connectivity index (χ2v) is 3.86. The molecule has 0 saturated carbocycles. The molecule has 0 heterocycles. The molecule has 0 aliphatic carbocycles. The summed E-state index contributed by atoms with van der Waals surface area (Å²) in [6, 6.07) is 3.83. The number of aryl methyl sites for hydroxylation is 2. The van der Waals surface area contributed by atoms with Crippen LogP contribution < -0.4 is 10.1 Å². The zero-order valence-electron chi connectivity index (χ0n) is 10.8. The van der Waals surface area contributed by atoms with Crippen molar-refractivity contribution in [1.82, 2.24) is 0 Å². The molecule has 1 N–H and O–H groups in total. The first-order chi connectivity index (χ1) is 8.08. The minimum atomic E-state index is -0.115. The topological polar surface area (TPSA) is 38.3 Å². The van der Waals surface area contributed by atoms with Crippen LogP contribution in [0.5, 0.6) is 5.75 Å². The van der Waals surface area contributed by atoms with Crippen molar-refractivity contribution in [3.63, 3.8) is 0 Å². The van der Waals surface area contributed by atoms with Gasteiger partial charge in [-0.1, -0.05) is 6.08 Å². The van der Waals surface area contributed by atoms with Crippen molar-refractivity contribution in [2.75, 3.05) is 11.9 Å². The number of carbonyl (C=O) groups is 1. The maximum Gasteiger partial charge on any atom is 0.248 e. The van der Waals surface area contributed by atoms with Crippen LogP contribution >= 0.6 is 0 Å². The molecule has 1 amide bonds. The summed E-state index contributed by atoms with van der Waals surface area (Å²) in [5.74, 6) is 0.784. The molecule has 1 aromatic rings. The lowest BCUT2D eigenvalue weighted by atomic mass is 10.1. The Morgan fingerprint density at radius 2 is 1.94 bits per heavy atom. The second kappa shape index (κ2) is 6.09. The van der Waals surface area contributed by atoms with Gasteiger partial charge in [-0.2, -0.15) is 0 Å². The zero-order chi connectivity index (χ0) is 12.8. The Morgan fingerprint density at radius 3 is 2.41 bits per heavy atom. The number of amides is 1. The van der Waals surface area contributed by atoms with Crippen LogP contribution in [0.1, 0.15) is 25.0 Å². The Balaban J connectivity index is 2.94. The number of ether oxygens (including phenoxy) is 1. The molecule has 1 rings (SSSR count). The van der Waals surface area contributed by atoms with E-state index in [1.807, 2.05) is 39.8 Å². The van der Waals surface area contributed by atoms with E-state index in [0.29, 0.717) is 6.61 Å². The number of anilines is 1. The Kier molecular flexibility index (Phi) is 4.76. The number of carbonyl (C=O) groups excluding carboxylic acids is 1. The third kappa shape index (κ3) is 3.63. The molecule has 0 unspecified atom stereocenters. The second-order valence-electron chi connectivity index (χ2n) is 3.86. The Morgan fingerprint density at radius 1 is 1.35 bits per heavy atom. The largest absolute Gasteiger partial charge is 0.493 e. The van der Waals surface area contributed by atoms with Gasteiger partial charge in [-0.3, -0.25) is 4.79 Å². The van der Waals surface area contributed by atoms with Gasteiger partial charge in [0.25, 0.3) is 0 Å². The fraction of sp³-hybridized carbons (Fsp3) is 0.357. The molecule has 0 aliphatic heterocycles. The van der Waals surface area contributed by atoms with Gasteiger partial charge in [0, 0.05) is 5.69 Å². The quantitative estimate of drug-likeness (QED) is 0.811. The van der Waals surface area contributed by atoms with Gasteiger partial charge >= 0.3 is 0 Å². The lowest BCUT2D eigenvalue weighted by Crippen LogP contribution is -2.08. The van der Waals surface area contributed by atoms with Gasteiger partial charge in [-0.25, -0.2) is 0 Å². The summed E-state index contributed by atoms with van der Waals surface area (Å²) >= 11 is 0. The van der Waals surface area contributed by atoms with E-state index in [9.17, 15) is 4.79 Å². The molecule has 92 valence electrons. The van der Waals surface area contributed by atoms with Gasteiger partial charge in [0.2, 0.25) is 5.91 Å². The summed E-state index contributed by atoms with van der Waals surface area (Å²) < 4.78 is 5.55. The smallest absolute Gasteiger partial charge is 0.248 e. The van der Waals surface area contributed by atoms with E-state index in [1.165, 1.54) is 6.08 Å². The van der Waals surface area contributed by atoms with Gasteiger partial charge in [0.1, 0.15) is 5.75 Å². The van der Waals surface area contributed by atoms with Crippen molar-refractivity contribution >= 4 is 11.6 Å². The highest BCUT2D eigenvalue weighted by atomic mass is 16.5. The molecule has 0 bridgehead atoms. The Labute approximate surface area is 102 Å². The first kappa shape index (κ1) is 13.3. The van der Waals surface area contributed by atoms with Crippen LogP contribution in [-0.2, 0) is 4.79 Å². The first-order valence-corrected chi connectivity index (χ1v) is 5.76. The van der Waals surface area contributed by atoms with Crippen LogP contribution in [0.2, 0.25) is 0 Å². The number of hydrogen-bond acceptors (Lipinski definition) is 2. The average molecular weight is 233 g/mol. The molecule has 0 atom stereocenters. The SMILES string of the molecule is CC=CC(=O)Nc1cc(C)c(OCC)c(C)c1. The van der Waals surface area contributed by atoms with Crippen molar-refractivity contribution in [2.24, 2.45) is 0 Å².